The van der Waals surface area contributed by atoms with Gasteiger partial charge in [-0.3, -0.25) is 9.59 Å². The molecule has 0 radical (unpaired) electrons. The van der Waals surface area contributed by atoms with Crippen LogP contribution in [-0.4, -0.2) is 47.8 Å². The van der Waals surface area contributed by atoms with Crippen LogP contribution in [0.2, 0.25) is 0 Å². The van der Waals surface area contributed by atoms with Crippen LogP contribution in [0.15, 0.2) is 24.3 Å². The van der Waals surface area contributed by atoms with Crippen LogP contribution in [0, 0.1) is 11.8 Å². The summed E-state index contributed by atoms with van der Waals surface area (Å²) in [7, 11) is 0. The maximum Gasteiger partial charge on any atom is 0.254 e. The maximum absolute atomic E-state index is 12.9. The zero-order chi connectivity index (χ0) is 19.3. The van der Waals surface area contributed by atoms with Gasteiger partial charge in [-0.2, -0.15) is 0 Å². The van der Waals surface area contributed by atoms with Crippen molar-refractivity contribution in [1.82, 2.24) is 9.80 Å². The van der Waals surface area contributed by atoms with Gasteiger partial charge >= 0.3 is 0 Å². The second kappa shape index (κ2) is 9.20. The second-order valence-corrected chi connectivity index (χ2v) is 8.03. The van der Waals surface area contributed by atoms with Crippen LogP contribution in [0.3, 0.4) is 0 Å². The quantitative estimate of drug-likeness (QED) is 0.766. The number of rotatable bonds is 6. The van der Waals surface area contributed by atoms with Crippen LogP contribution < -0.4 is 0 Å². The molecule has 2 amide bonds. The monoisotopic (exact) mass is 358 g/mol. The zero-order valence-electron chi connectivity index (χ0n) is 17.0. The van der Waals surface area contributed by atoms with E-state index >= 15 is 0 Å². The molecule has 0 aromatic heterocycles. The zero-order valence-corrected chi connectivity index (χ0v) is 17.0. The summed E-state index contributed by atoms with van der Waals surface area (Å²) in [6.07, 6.45) is 1.66. The molecule has 1 heterocycles. The third-order valence-corrected chi connectivity index (χ3v) is 5.64. The first-order valence-electron chi connectivity index (χ1n) is 10.0. The molecule has 1 aliphatic rings. The normalized spacial score (nSPS) is 16.3. The Bertz CT molecular complexity index is 616. The topological polar surface area (TPSA) is 40.6 Å². The van der Waals surface area contributed by atoms with Gasteiger partial charge in [-0.05, 0) is 29.4 Å². The number of hydrogen-bond acceptors (Lipinski definition) is 2. The third-order valence-electron chi connectivity index (χ3n) is 5.64. The van der Waals surface area contributed by atoms with Crippen molar-refractivity contribution in [1.29, 1.82) is 0 Å². The van der Waals surface area contributed by atoms with Gasteiger partial charge in [-0.25, -0.2) is 0 Å². The SMILES string of the molecule is CCC(CC(=O)N1CCN(C(=O)c2ccccc2C(C)C)CC1)C(C)C. The van der Waals surface area contributed by atoms with E-state index in [1.54, 1.807) is 0 Å². The molecule has 1 unspecified atom stereocenters. The minimum Gasteiger partial charge on any atom is -0.339 e. The van der Waals surface area contributed by atoms with Crippen molar-refractivity contribution in [2.45, 2.75) is 53.4 Å². The highest BCUT2D eigenvalue weighted by Crippen LogP contribution is 2.23. The summed E-state index contributed by atoms with van der Waals surface area (Å²) >= 11 is 0. The standard InChI is InChI=1S/C22H34N2O2/c1-6-18(16(2)3)15-21(25)23-11-13-24(14-12-23)22(26)20-10-8-7-9-19(20)17(4)5/h7-10,16-18H,6,11-15H2,1-5H3. The Morgan fingerprint density at radius 1 is 0.962 bits per heavy atom. The van der Waals surface area contributed by atoms with Crippen LogP contribution in [0.5, 0.6) is 0 Å². The lowest BCUT2D eigenvalue weighted by atomic mass is 9.89. The van der Waals surface area contributed by atoms with Crippen molar-refractivity contribution in [3.8, 4) is 0 Å². The van der Waals surface area contributed by atoms with Gasteiger partial charge in [0, 0.05) is 38.2 Å². The van der Waals surface area contributed by atoms with Crippen LogP contribution in [0.25, 0.3) is 0 Å². The molecule has 1 atom stereocenters. The molecule has 0 bridgehead atoms. The minimum absolute atomic E-state index is 0.0926. The number of hydrogen-bond donors (Lipinski definition) is 0. The highest BCUT2D eigenvalue weighted by molar-refractivity contribution is 5.96. The average molecular weight is 359 g/mol. The van der Waals surface area contributed by atoms with Gasteiger partial charge in [-0.15, -0.1) is 0 Å². The molecular formula is C22H34N2O2. The summed E-state index contributed by atoms with van der Waals surface area (Å²) in [6.45, 7) is 13.3. The number of carbonyl (C=O) groups excluding carboxylic acids is 2. The molecule has 4 heteroatoms. The fourth-order valence-electron chi connectivity index (χ4n) is 3.73. The Balaban J connectivity index is 1.96. The van der Waals surface area contributed by atoms with E-state index in [2.05, 4.69) is 34.6 Å². The number of benzene rings is 1. The lowest BCUT2D eigenvalue weighted by Gasteiger charge is -2.36. The number of piperazine rings is 1. The highest BCUT2D eigenvalue weighted by atomic mass is 16.2. The van der Waals surface area contributed by atoms with E-state index in [0.717, 1.165) is 17.5 Å². The predicted octanol–water partition coefficient (Wildman–Crippen LogP) is 4.17. The fraction of sp³-hybridized carbons (Fsp3) is 0.636. The van der Waals surface area contributed by atoms with Gasteiger partial charge in [-0.1, -0.05) is 59.2 Å². The molecule has 0 saturated carbocycles. The summed E-state index contributed by atoms with van der Waals surface area (Å²) in [4.78, 5) is 29.3. The van der Waals surface area contributed by atoms with Gasteiger partial charge in [0.05, 0.1) is 0 Å². The Morgan fingerprint density at radius 2 is 1.54 bits per heavy atom. The Kier molecular flexibility index (Phi) is 7.24. The summed E-state index contributed by atoms with van der Waals surface area (Å²) in [5.74, 6) is 1.62. The highest BCUT2D eigenvalue weighted by Gasteiger charge is 2.27. The van der Waals surface area contributed by atoms with Gasteiger partial charge < -0.3 is 9.80 Å². The molecule has 0 aliphatic carbocycles. The predicted molar refractivity (Wildman–Crippen MR) is 106 cm³/mol. The summed E-state index contributed by atoms with van der Waals surface area (Å²) in [6, 6.07) is 7.87. The van der Waals surface area contributed by atoms with Gasteiger partial charge in [0.2, 0.25) is 5.91 Å². The van der Waals surface area contributed by atoms with Crippen LogP contribution in [0.4, 0.5) is 0 Å². The Hall–Kier alpha value is -1.84. The fourth-order valence-corrected chi connectivity index (χ4v) is 3.73. The second-order valence-electron chi connectivity index (χ2n) is 8.03. The van der Waals surface area contributed by atoms with Crippen molar-refractivity contribution >= 4 is 11.8 Å². The smallest absolute Gasteiger partial charge is 0.254 e. The molecule has 26 heavy (non-hydrogen) atoms. The molecule has 2 rings (SSSR count). The van der Waals surface area contributed by atoms with E-state index in [4.69, 9.17) is 0 Å². The Morgan fingerprint density at radius 3 is 2.08 bits per heavy atom. The summed E-state index contributed by atoms with van der Waals surface area (Å²) in [5.41, 5.74) is 1.90. The van der Waals surface area contributed by atoms with Crippen molar-refractivity contribution < 1.29 is 9.59 Å². The molecule has 1 aliphatic heterocycles. The van der Waals surface area contributed by atoms with Gasteiger partial charge in [0.1, 0.15) is 0 Å². The molecular weight excluding hydrogens is 324 g/mol. The molecule has 1 aromatic rings. The average Bonchev–Trinajstić information content (AvgIpc) is 2.65. The first-order chi connectivity index (χ1) is 12.3. The molecule has 1 saturated heterocycles. The first-order valence-corrected chi connectivity index (χ1v) is 10.0. The van der Waals surface area contributed by atoms with Crippen LogP contribution in [0.1, 0.15) is 69.3 Å². The first kappa shape index (κ1) is 20.5. The number of nitrogens with zero attached hydrogens (tertiary/aromatic N) is 2. The number of carbonyl (C=O) groups is 2. The van der Waals surface area contributed by atoms with E-state index in [0.29, 0.717) is 50.4 Å². The lowest BCUT2D eigenvalue weighted by molar-refractivity contribution is -0.134. The van der Waals surface area contributed by atoms with Gasteiger partial charge in [0.25, 0.3) is 5.91 Å². The molecule has 4 nitrogen and oxygen atoms in total. The van der Waals surface area contributed by atoms with Crippen LogP contribution >= 0.6 is 0 Å². The van der Waals surface area contributed by atoms with Gasteiger partial charge in [0.15, 0.2) is 0 Å². The molecule has 0 spiro atoms. The van der Waals surface area contributed by atoms with Crippen molar-refractivity contribution in [2.24, 2.45) is 11.8 Å². The number of amides is 2. The maximum atomic E-state index is 12.9. The van der Waals surface area contributed by atoms with E-state index in [1.165, 1.54) is 0 Å². The Labute approximate surface area is 158 Å². The lowest BCUT2D eigenvalue weighted by Crippen LogP contribution is -2.51. The summed E-state index contributed by atoms with van der Waals surface area (Å²) < 4.78 is 0. The van der Waals surface area contributed by atoms with Crippen molar-refractivity contribution in [3.63, 3.8) is 0 Å². The largest absolute Gasteiger partial charge is 0.339 e. The molecule has 1 fully saturated rings. The summed E-state index contributed by atoms with van der Waals surface area (Å²) in [5, 5.41) is 0. The molecule has 1 aromatic carbocycles. The van der Waals surface area contributed by atoms with E-state index in [-0.39, 0.29) is 11.8 Å². The minimum atomic E-state index is 0.0926. The van der Waals surface area contributed by atoms with Crippen LogP contribution in [-0.2, 0) is 4.79 Å². The van der Waals surface area contributed by atoms with E-state index in [1.807, 2.05) is 34.1 Å². The van der Waals surface area contributed by atoms with Crippen molar-refractivity contribution in [2.75, 3.05) is 26.2 Å². The van der Waals surface area contributed by atoms with E-state index in [9.17, 15) is 9.59 Å². The third kappa shape index (κ3) is 4.87. The van der Waals surface area contributed by atoms with E-state index < -0.39 is 0 Å². The van der Waals surface area contributed by atoms with Crippen molar-refractivity contribution in [3.05, 3.63) is 35.4 Å². The molecule has 144 valence electrons. The molecule has 0 N–H and O–H groups in total.